The van der Waals surface area contributed by atoms with Gasteiger partial charge < -0.3 is 9.84 Å². The smallest absolute Gasteiger partial charge is 0.416 e. The molecule has 3 heterocycles. The Morgan fingerprint density at radius 1 is 1.18 bits per heavy atom. The number of benzene rings is 2. The topological polar surface area (TPSA) is 76.7 Å². The summed E-state index contributed by atoms with van der Waals surface area (Å²) in [7, 11) is 0. The predicted octanol–water partition coefficient (Wildman–Crippen LogP) is 4.66. The summed E-state index contributed by atoms with van der Waals surface area (Å²) < 4.78 is 46.9. The molecule has 0 aliphatic carbocycles. The molecule has 2 atom stereocenters. The normalized spacial score (nSPS) is 19.1. The van der Waals surface area contributed by atoms with Crippen LogP contribution in [0.1, 0.15) is 35.3 Å². The molecule has 1 saturated heterocycles. The number of amides is 1. The van der Waals surface area contributed by atoms with Crippen molar-refractivity contribution in [2.24, 2.45) is 0 Å². The summed E-state index contributed by atoms with van der Waals surface area (Å²) >= 11 is 6.09. The van der Waals surface area contributed by atoms with Crippen LogP contribution in [0.2, 0.25) is 5.02 Å². The quantitative estimate of drug-likeness (QED) is 0.593. The number of hydrogen-bond acceptors (Lipinski definition) is 4. The second kappa shape index (κ2) is 7.58. The highest BCUT2D eigenvalue weighted by molar-refractivity contribution is 6.31. The Balaban J connectivity index is 1.43. The van der Waals surface area contributed by atoms with Gasteiger partial charge in [0, 0.05) is 17.1 Å². The summed E-state index contributed by atoms with van der Waals surface area (Å²) in [6.07, 6.45) is -4.82. The fraction of sp³-hybridized carbons (Fsp3) is 0.273. The zero-order valence-electron chi connectivity index (χ0n) is 16.9. The number of halogens is 4. The first-order valence-electron chi connectivity index (χ1n) is 10.1. The zero-order chi connectivity index (χ0) is 23.5. The highest BCUT2D eigenvalue weighted by atomic mass is 35.5. The predicted molar refractivity (Wildman–Crippen MR) is 111 cm³/mol. The van der Waals surface area contributed by atoms with Crippen molar-refractivity contribution in [2.75, 3.05) is 6.54 Å². The lowest BCUT2D eigenvalue weighted by Crippen LogP contribution is -2.38. The number of hydrogen-bond donors (Lipinski definition) is 1. The van der Waals surface area contributed by atoms with Crippen molar-refractivity contribution < 1.29 is 27.8 Å². The van der Waals surface area contributed by atoms with Crippen molar-refractivity contribution in [3.8, 4) is 11.6 Å². The number of carbonyl (C=O) groups excluding carboxylic acids is 1. The second-order valence-electron chi connectivity index (χ2n) is 7.95. The third-order valence-electron chi connectivity index (χ3n) is 6.03. The lowest BCUT2D eigenvalue weighted by molar-refractivity contribution is -0.137. The molecular formula is C22H17ClF3N3O4. The van der Waals surface area contributed by atoms with E-state index in [1.54, 1.807) is 24.3 Å². The Bertz CT molecular complexity index is 1320. The lowest BCUT2D eigenvalue weighted by atomic mass is 10.2. The van der Waals surface area contributed by atoms with Crippen LogP contribution in [0.5, 0.6) is 5.88 Å². The summed E-state index contributed by atoms with van der Waals surface area (Å²) in [6, 6.07) is 10.0. The number of aromatic nitrogens is 2. The van der Waals surface area contributed by atoms with Gasteiger partial charge in [0.05, 0.1) is 23.3 Å². The number of rotatable bonds is 3. The van der Waals surface area contributed by atoms with Crippen LogP contribution < -0.4 is 5.69 Å². The Morgan fingerprint density at radius 2 is 1.94 bits per heavy atom. The van der Waals surface area contributed by atoms with Gasteiger partial charge in [-0.2, -0.15) is 13.2 Å². The summed E-state index contributed by atoms with van der Waals surface area (Å²) in [4.78, 5) is 27.1. The first-order chi connectivity index (χ1) is 15.7. The van der Waals surface area contributed by atoms with Gasteiger partial charge in [-0.05, 0) is 30.7 Å². The Morgan fingerprint density at radius 3 is 2.67 bits per heavy atom. The Labute approximate surface area is 190 Å². The number of aromatic hydroxyl groups is 1. The van der Waals surface area contributed by atoms with Crippen LogP contribution in [0.15, 0.2) is 53.3 Å². The number of ether oxygens (including phenoxy) is 1. The molecule has 1 amide bonds. The molecule has 7 nitrogen and oxygen atoms in total. The van der Waals surface area contributed by atoms with Crippen LogP contribution in [-0.4, -0.2) is 31.8 Å². The van der Waals surface area contributed by atoms with E-state index in [-0.39, 0.29) is 24.5 Å². The minimum absolute atomic E-state index is 0.0452. The zero-order valence-corrected chi connectivity index (χ0v) is 17.7. The first kappa shape index (κ1) is 21.4. The van der Waals surface area contributed by atoms with Crippen LogP contribution in [0.4, 0.5) is 18.0 Å². The van der Waals surface area contributed by atoms with Gasteiger partial charge in [0.25, 0.3) is 0 Å². The molecule has 0 spiro atoms. The van der Waals surface area contributed by atoms with Gasteiger partial charge in [0.1, 0.15) is 12.3 Å². The molecule has 1 fully saturated rings. The van der Waals surface area contributed by atoms with E-state index in [9.17, 15) is 27.9 Å². The molecule has 1 unspecified atom stereocenters. The van der Waals surface area contributed by atoms with Crippen molar-refractivity contribution >= 4 is 17.7 Å². The van der Waals surface area contributed by atoms with E-state index in [0.29, 0.717) is 17.0 Å². The monoisotopic (exact) mass is 479 g/mol. The van der Waals surface area contributed by atoms with Gasteiger partial charge >= 0.3 is 18.0 Å². The maximum Gasteiger partial charge on any atom is 0.416 e. The molecule has 11 heteroatoms. The van der Waals surface area contributed by atoms with Crippen LogP contribution in [-0.2, 0) is 17.5 Å². The molecule has 1 N–H and O–H groups in total. The molecule has 1 aromatic heterocycles. The Kier molecular flexibility index (Phi) is 4.93. The van der Waals surface area contributed by atoms with Crippen LogP contribution in [0.25, 0.3) is 5.69 Å². The third kappa shape index (κ3) is 3.45. The summed E-state index contributed by atoms with van der Waals surface area (Å²) in [5, 5.41) is 11.3. The lowest BCUT2D eigenvalue weighted by Gasteiger charge is -2.27. The highest BCUT2D eigenvalue weighted by Gasteiger charge is 2.49. The van der Waals surface area contributed by atoms with E-state index >= 15 is 0 Å². The van der Waals surface area contributed by atoms with E-state index in [1.165, 1.54) is 21.6 Å². The van der Waals surface area contributed by atoms with Gasteiger partial charge in [-0.15, -0.1) is 0 Å². The van der Waals surface area contributed by atoms with E-state index < -0.39 is 41.5 Å². The molecule has 5 rings (SSSR count). The maximum atomic E-state index is 13.1. The number of imidazole rings is 1. The van der Waals surface area contributed by atoms with Crippen molar-refractivity contribution in [1.82, 2.24) is 14.0 Å². The molecule has 172 valence electrons. The number of alkyl halides is 3. The standard InChI is InChI=1S/C22H17ClF3N3O4/c23-16-7-2-1-4-12(16)11-33-21(32)27-10-15-9-17(27)18-19(30)29(20(31)28(15)18)14-6-3-5-13(8-14)22(24,25)26/h1-8,15,17,30H,9-11H2/t15?,17-/m1/s1. The molecule has 2 aliphatic heterocycles. The van der Waals surface area contributed by atoms with Gasteiger partial charge in [-0.25, -0.2) is 14.2 Å². The Hall–Kier alpha value is -3.40. The molecule has 3 aromatic rings. The van der Waals surface area contributed by atoms with Gasteiger partial charge in [0.2, 0.25) is 5.88 Å². The molecule has 2 bridgehead atoms. The second-order valence-corrected chi connectivity index (χ2v) is 8.36. The summed E-state index contributed by atoms with van der Waals surface area (Å²) in [5.41, 5.74) is -0.888. The SMILES string of the molecule is O=C(OCc1ccccc1Cl)N1CC2C[C@@H]1c1c(O)n(-c3cccc(C(F)(F)F)c3)c(=O)n12. The van der Waals surface area contributed by atoms with Gasteiger partial charge in [-0.1, -0.05) is 35.9 Å². The van der Waals surface area contributed by atoms with E-state index in [1.807, 2.05) is 0 Å². The van der Waals surface area contributed by atoms with Gasteiger partial charge in [-0.3, -0.25) is 9.47 Å². The molecule has 0 saturated carbocycles. The fourth-order valence-corrected chi connectivity index (χ4v) is 4.73. The van der Waals surface area contributed by atoms with Crippen LogP contribution >= 0.6 is 11.6 Å². The van der Waals surface area contributed by atoms with E-state index in [4.69, 9.17) is 16.3 Å². The minimum Gasteiger partial charge on any atom is -0.493 e. The molecule has 33 heavy (non-hydrogen) atoms. The van der Waals surface area contributed by atoms with Crippen molar-refractivity contribution in [3.63, 3.8) is 0 Å². The number of likely N-dealkylation sites (tertiary alicyclic amines) is 1. The fourth-order valence-electron chi connectivity index (χ4n) is 4.54. The average molecular weight is 480 g/mol. The molecule has 2 aromatic carbocycles. The van der Waals surface area contributed by atoms with E-state index in [0.717, 1.165) is 16.7 Å². The minimum atomic E-state index is -4.60. The molecule has 0 radical (unpaired) electrons. The number of nitrogens with zero attached hydrogens (tertiary/aromatic N) is 3. The summed E-state index contributed by atoms with van der Waals surface area (Å²) in [6.45, 7) is 0.140. The first-order valence-corrected chi connectivity index (χ1v) is 10.4. The highest BCUT2D eigenvalue weighted by Crippen LogP contribution is 2.49. The number of fused-ring (bicyclic) bond motifs is 5. The third-order valence-corrected chi connectivity index (χ3v) is 6.40. The van der Waals surface area contributed by atoms with Crippen LogP contribution in [0.3, 0.4) is 0 Å². The van der Waals surface area contributed by atoms with Crippen molar-refractivity contribution in [3.05, 3.63) is 80.9 Å². The molecule has 2 aliphatic rings. The summed E-state index contributed by atoms with van der Waals surface area (Å²) in [5.74, 6) is -0.490. The van der Waals surface area contributed by atoms with Crippen molar-refractivity contribution in [2.45, 2.75) is 31.3 Å². The van der Waals surface area contributed by atoms with Crippen LogP contribution in [0, 0.1) is 0 Å². The molecular weight excluding hydrogens is 463 g/mol. The number of carbonyl (C=O) groups is 1. The largest absolute Gasteiger partial charge is 0.493 e. The average Bonchev–Trinajstić information content (AvgIpc) is 3.44. The van der Waals surface area contributed by atoms with Gasteiger partial charge in [0.15, 0.2) is 0 Å². The maximum absolute atomic E-state index is 13.1. The van der Waals surface area contributed by atoms with E-state index in [2.05, 4.69) is 0 Å². The van der Waals surface area contributed by atoms with Crippen molar-refractivity contribution in [1.29, 1.82) is 0 Å².